The summed E-state index contributed by atoms with van der Waals surface area (Å²) in [5, 5.41) is 12.9. The molecule has 0 aliphatic rings. The van der Waals surface area contributed by atoms with Gasteiger partial charge in [0.05, 0.1) is 12.2 Å². The summed E-state index contributed by atoms with van der Waals surface area (Å²) >= 11 is 3.33. The molecular formula is C19H22BrNO4. The summed E-state index contributed by atoms with van der Waals surface area (Å²) in [7, 11) is 0. The van der Waals surface area contributed by atoms with Crippen LogP contribution in [0.4, 0.5) is 0 Å². The van der Waals surface area contributed by atoms with E-state index >= 15 is 0 Å². The Hall–Kier alpha value is -2.05. The maximum absolute atomic E-state index is 11.9. The van der Waals surface area contributed by atoms with Crippen molar-refractivity contribution in [3.05, 3.63) is 58.6 Å². The Bertz CT molecular complexity index is 688. The molecule has 1 unspecified atom stereocenters. The highest BCUT2D eigenvalue weighted by Gasteiger charge is 2.11. The van der Waals surface area contributed by atoms with Crippen LogP contribution in [0.25, 0.3) is 0 Å². The van der Waals surface area contributed by atoms with E-state index in [0.717, 1.165) is 4.47 Å². The summed E-state index contributed by atoms with van der Waals surface area (Å²) in [6.07, 6.45) is -0.754. The molecule has 1 atom stereocenters. The SMILES string of the molecule is CC(C)Oc1cccc(C(O)CNC(=O)COc2ccc(Br)cc2)c1. The van der Waals surface area contributed by atoms with Crippen LogP contribution in [0.1, 0.15) is 25.5 Å². The maximum atomic E-state index is 11.9. The van der Waals surface area contributed by atoms with Gasteiger partial charge in [0.2, 0.25) is 0 Å². The minimum atomic E-state index is -0.813. The van der Waals surface area contributed by atoms with Crippen molar-refractivity contribution in [3.63, 3.8) is 0 Å². The number of nitrogens with one attached hydrogen (secondary N) is 1. The lowest BCUT2D eigenvalue weighted by atomic mass is 10.1. The molecule has 2 aromatic rings. The van der Waals surface area contributed by atoms with Gasteiger partial charge in [0, 0.05) is 11.0 Å². The van der Waals surface area contributed by atoms with Crippen LogP contribution >= 0.6 is 15.9 Å². The summed E-state index contributed by atoms with van der Waals surface area (Å²) in [6, 6.07) is 14.4. The number of carbonyl (C=O) groups excluding carboxylic acids is 1. The molecule has 5 nitrogen and oxygen atoms in total. The van der Waals surface area contributed by atoms with Gasteiger partial charge in [0.15, 0.2) is 6.61 Å². The Morgan fingerprint density at radius 2 is 1.88 bits per heavy atom. The molecule has 6 heteroatoms. The van der Waals surface area contributed by atoms with Crippen molar-refractivity contribution in [2.75, 3.05) is 13.2 Å². The molecule has 0 saturated heterocycles. The van der Waals surface area contributed by atoms with Crippen molar-refractivity contribution in [1.29, 1.82) is 0 Å². The van der Waals surface area contributed by atoms with Crippen molar-refractivity contribution in [3.8, 4) is 11.5 Å². The molecule has 2 rings (SSSR count). The second kappa shape index (κ2) is 9.44. The van der Waals surface area contributed by atoms with Crippen LogP contribution in [0, 0.1) is 0 Å². The first-order valence-electron chi connectivity index (χ1n) is 8.04. The third kappa shape index (κ3) is 6.76. The standard InChI is InChI=1S/C19H22BrNO4/c1-13(2)25-17-5-3-4-14(10-17)18(22)11-21-19(23)12-24-16-8-6-15(20)7-9-16/h3-10,13,18,22H,11-12H2,1-2H3,(H,21,23). The number of rotatable bonds is 8. The number of halogens is 1. The van der Waals surface area contributed by atoms with Crippen LogP contribution in [0.15, 0.2) is 53.0 Å². The van der Waals surface area contributed by atoms with E-state index in [4.69, 9.17) is 9.47 Å². The van der Waals surface area contributed by atoms with Gasteiger partial charge in [0.1, 0.15) is 11.5 Å². The predicted octanol–water partition coefficient (Wildman–Crippen LogP) is 3.46. The van der Waals surface area contributed by atoms with Crippen molar-refractivity contribution >= 4 is 21.8 Å². The van der Waals surface area contributed by atoms with E-state index in [1.165, 1.54) is 0 Å². The number of aliphatic hydroxyl groups is 1. The van der Waals surface area contributed by atoms with Gasteiger partial charge in [-0.25, -0.2) is 0 Å². The zero-order chi connectivity index (χ0) is 18.2. The van der Waals surface area contributed by atoms with Gasteiger partial charge in [-0.3, -0.25) is 4.79 Å². The van der Waals surface area contributed by atoms with E-state index in [1.807, 2.05) is 38.1 Å². The molecule has 0 aliphatic carbocycles. The van der Waals surface area contributed by atoms with Gasteiger partial charge >= 0.3 is 0 Å². The fourth-order valence-corrected chi connectivity index (χ4v) is 2.39. The second-order valence-electron chi connectivity index (χ2n) is 5.80. The first-order valence-corrected chi connectivity index (χ1v) is 8.83. The predicted molar refractivity (Wildman–Crippen MR) is 99.8 cm³/mol. The van der Waals surface area contributed by atoms with Crippen LogP contribution < -0.4 is 14.8 Å². The van der Waals surface area contributed by atoms with Crippen LogP contribution in [-0.2, 0) is 4.79 Å². The number of amides is 1. The molecule has 0 aromatic heterocycles. The highest BCUT2D eigenvalue weighted by atomic mass is 79.9. The van der Waals surface area contributed by atoms with E-state index in [1.54, 1.807) is 24.3 Å². The van der Waals surface area contributed by atoms with E-state index in [0.29, 0.717) is 17.1 Å². The summed E-state index contributed by atoms with van der Waals surface area (Å²) < 4.78 is 11.9. The molecule has 134 valence electrons. The Labute approximate surface area is 156 Å². The third-order valence-corrected chi connectivity index (χ3v) is 3.82. The zero-order valence-corrected chi connectivity index (χ0v) is 15.8. The summed E-state index contributed by atoms with van der Waals surface area (Å²) in [6.45, 7) is 3.88. The molecule has 0 radical (unpaired) electrons. The smallest absolute Gasteiger partial charge is 0.258 e. The quantitative estimate of drug-likeness (QED) is 0.702. The van der Waals surface area contributed by atoms with Gasteiger partial charge < -0.3 is 19.9 Å². The lowest BCUT2D eigenvalue weighted by Crippen LogP contribution is -2.32. The minimum Gasteiger partial charge on any atom is -0.491 e. The van der Waals surface area contributed by atoms with Crippen molar-refractivity contribution in [2.45, 2.75) is 26.1 Å². The van der Waals surface area contributed by atoms with Gasteiger partial charge in [-0.05, 0) is 55.8 Å². The lowest BCUT2D eigenvalue weighted by molar-refractivity contribution is -0.123. The molecule has 0 bridgehead atoms. The monoisotopic (exact) mass is 407 g/mol. The largest absolute Gasteiger partial charge is 0.491 e. The first-order chi connectivity index (χ1) is 11.9. The van der Waals surface area contributed by atoms with Gasteiger partial charge in [0.25, 0.3) is 5.91 Å². The van der Waals surface area contributed by atoms with Crippen molar-refractivity contribution in [2.24, 2.45) is 0 Å². The first kappa shape index (κ1) is 19.3. The molecule has 0 spiro atoms. The third-order valence-electron chi connectivity index (χ3n) is 3.29. The highest BCUT2D eigenvalue weighted by Crippen LogP contribution is 2.20. The number of ether oxygens (including phenoxy) is 2. The van der Waals surface area contributed by atoms with E-state index in [2.05, 4.69) is 21.2 Å². The molecule has 0 heterocycles. The molecule has 0 aliphatic heterocycles. The number of hydrogen-bond donors (Lipinski definition) is 2. The van der Waals surface area contributed by atoms with Crippen LogP contribution in [0.2, 0.25) is 0 Å². The van der Waals surface area contributed by atoms with Gasteiger partial charge in [-0.2, -0.15) is 0 Å². The van der Waals surface area contributed by atoms with Gasteiger partial charge in [-0.1, -0.05) is 28.1 Å². The summed E-state index contributed by atoms with van der Waals surface area (Å²) in [5.74, 6) is 1.01. The number of aliphatic hydroxyl groups excluding tert-OH is 1. The molecule has 0 saturated carbocycles. The fraction of sp³-hybridized carbons (Fsp3) is 0.316. The Morgan fingerprint density at radius 1 is 1.16 bits per heavy atom. The van der Waals surface area contributed by atoms with Crippen molar-refractivity contribution < 1.29 is 19.4 Å². The van der Waals surface area contributed by atoms with E-state index < -0.39 is 6.10 Å². The molecule has 2 N–H and O–H groups in total. The number of carbonyl (C=O) groups is 1. The topological polar surface area (TPSA) is 67.8 Å². The average molecular weight is 408 g/mol. The van der Waals surface area contributed by atoms with Gasteiger partial charge in [-0.15, -0.1) is 0 Å². The lowest BCUT2D eigenvalue weighted by Gasteiger charge is -2.15. The number of hydrogen-bond acceptors (Lipinski definition) is 4. The van der Waals surface area contributed by atoms with E-state index in [9.17, 15) is 9.90 Å². The minimum absolute atomic E-state index is 0.0582. The Balaban J connectivity index is 1.79. The summed E-state index contributed by atoms with van der Waals surface area (Å²) in [4.78, 5) is 11.9. The average Bonchev–Trinajstić information content (AvgIpc) is 2.59. The number of benzene rings is 2. The molecular weight excluding hydrogens is 386 g/mol. The zero-order valence-electron chi connectivity index (χ0n) is 14.2. The fourth-order valence-electron chi connectivity index (χ4n) is 2.13. The van der Waals surface area contributed by atoms with Crippen molar-refractivity contribution in [1.82, 2.24) is 5.32 Å². The van der Waals surface area contributed by atoms with Crippen LogP contribution in [-0.4, -0.2) is 30.3 Å². The maximum Gasteiger partial charge on any atom is 0.258 e. The second-order valence-corrected chi connectivity index (χ2v) is 6.72. The molecule has 2 aromatic carbocycles. The molecule has 25 heavy (non-hydrogen) atoms. The van der Waals surface area contributed by atoms with E-state index in [-0.39, 0.29) is 25.2 Å². The Morgan fingerprint density at radius 3 is 2.56 bits per heavy atom. The molecule has 1 amide bonds. The van der Waals surface area contributed by atoms with Crippen LogP contribution in [0.3, 0.4) is 0 Å². The molecule has 0 fully saturated rings. The summed E-state index contributed by atoms with van der Waals surface area (Å²) in [5.41, 5.74) is 0.687. The normalized spacial score (nSPS) is 11.9. The highest BCUT2D eigenvalue weighted by molar-refractivity contribution is 9.10. The Kier molecular flexibility index (Phi) is 7.28. The van der Waals surface area contributed by atoms with Crippen LogP contribution in [0.5, 0.6) is 11.5 Å².